The lowest BCUT2D eigenvalue weighted by Gasteiger charge is -2.24. The predicted octanol–water partition coefficient (Wildman–Crippen LogP) is 2.63. The molecule has 0 radical (unpaired) electrons. The second-order valence-electron chi connectivity index (χ2n) is 6.38. The van der Waals surface area contributed by atoms with E-state index in [2.05, 4.69) is 6.92 Å². The third-order valence-electron chi connectivity index (χ3n) is 4.04. The first-order valence-electron chi connectivity index (χ1n) is 10.2. The molecule has 0 aliphatic carbocycles. The van der Waals surface area contributed by atoms with Crippen LogP contribution in [0.5, 0.6) is 0 Å². The summed E-state index contributed by atoms with van der Waals surface area (Å²) >= 11 is 1.72. The van der Waals surface area contributed by atoms with Gasteiger partial charge in [0, 0.05) is 39.7 Å². The Labute approximate surface area is 181 Å². The molecular weight excluding hydrogens is 416 g/mol. The molecule has 0 aromatic rings. The highest BCUT2D eigenvalue weighted by Gasteiger charge is 2.36. The van der Waals surface area contributed by atoms with Crippen LogP contribution < -0.4 is 0 Å². The fourth-order valence-corrected chi connectivity index (χ4v) is 5.29. The van der Waals surface area contributed by atoms with Gasteiger partial charge in [-0.1, -0.05) is 13.8 Å². The Kier molecular flexibility index (Phi) is 19.6. The van der Waals surface area contributed by atoms with E-state index in [1.54, 1.807) is 33.1 Å². The van der Waals surface area contributed by atoms with Crippen LogP contribution in [0.2, 0.25) is 6.04 Å². The smallest absolute Gasteiger partial charge is 0.463 e. The lowest BCUT2D eigenvalue weighted by molar-refractivity contribution is -0.148. The lowest BCUT2D eigenvalue weighted by Crippen LogP contribution is -2.42. The van der Waals surface area contributed by atoms with Crippen molar-refractivity contribution in [2.75, 3.05) is 79.1 Å². The third kappa shape index (κ3) is 15.3. The second-order valence-corrected chi connectivity index (χ2v) is 10.6. The summed E-state index contributed by atoms with van der Waals surface area (Å²) in [6.07, 6.45) is 1.92. The molecule has 10 heteroatoms. The van der Waals surface area contributed by atoms with Crippen LogP contribution in [0.3, 0.4) is 0 Å². The van der Waals surface area contributed by atoms with Gasteiger partial charge in [-0.3, -0.25) is 4.79 Å². The van der Waals surface area contributed by atoms with Crippen LogP contribution in [0.15, 0.2) is 0 Å². The number of carbonyl (C=O) groups is 1. The minimum absolute atomic E-state index is 0.152. The molecule has 0 saturated carbocycles. The highest BCUT2D eigenvalue weighted by atomic mass is 32.2. The van der Waals surface area contributed by atoms with E-state index < -0.39 is 8.80 Å². The molecule has 0 rings (SSSR count). The molecule has 0 aliphatic rings. The summed E-state index contributed by atoms with van der Waals surface area (Å²) in [7, 11) is 2.36. The number of esters is 1. The van der Waals surface area contributed by atoms with E-state index in [4.69, 9.17) is 32.2 Å². The molecule has 0 saturated heterocycles. The zero-order chi connectivity index (χ0) is 21.8. The Hall–Kier alpha value is -0.203. The van der Waals surface area contributed by atoms with Crippen LogP contribution >= 0.6 is 11.8 Å². The number of hydrogen-bond acceptors (Lipinski definition) is 9. The Morgan fingerprint density at radius 2 is 1.38 bits per heavy atom. The molecule has 29 heavy (non-hydrogen) atoms. The largest absolute Gasteiger partial charge is 0.500 e. The van der Waals surface area contributed by atoms with Crippen molar-refractivity contribution in [3.63, 3.8) is 0 Å². The summed E-state index contributed by atoms with van der Waals surface area (Å²) in [4.78, 5) is 12.0. The van der Waals surface area contributed by atoms with Gasteiger partial charge in [0.05, 0.1) is 39.0 Å². The quantitative estimate of drug-likeness (QED) is 0.147. The summed E-state index contributed by atoms with van der Waals surface area (Å²) in [6, 6.07) is 0.759. The monoisotopic (exact) mass is 456 g/mol. The predicted molar refractivity (Wildman–Crippen MR) is 116 cm³/mol. The van der Waals surface area contributed by atoms with E-state index in [1.165, 1.54) is 0 Å². The van der Waals surface area contributed by atoms with Crippen molar-refractivity contribution < 1.29 is 37.0 Å². The standard InChI is InChI=1S/C19H40O8SSi/c1-6-8-24-9-10-25-11-12-26-13-14-27-19(20)18(2)17-28-15-7-16-29(21-3,22-4)23-5/h18H,6-17H2,1-5H3. The number of hydrogen-bond donors (Lipinski definition) is 0. The molecular formula is C19H40O8SSi. The van der Waals surface area contributed by atoms with E-state index >= 15 is 0 Å². The molecule has 0 amide bonds. The molecule has 0 bridgehead atoms. The molecule has 0 spiro atoms. The van der Waals surface area contributed by atoms with Gasteiger partial charge in [0.15, 0.2) is 0 Å². The van der Waals surface area contributed by atoms with Crippen molar-refractivity contribution in [1.29, 1.82) is 0 Å². The summed E-state index contributed by atoms with van der Waals surface area (Å²) in [5.74, 6) is 1.28. The van der Waals surface area contributed by atoms with Crippen LogP contribution in [0.1, 0.15) is 26.7 Å². The molecule has 0 aromatic carbocycles. The fourth-order valence-electron chi connectivity index (χ4n) is 2.30. The molecule has 174 valence electrons. The number of rotatable bonds is 21. The summed E-state index contributed by atoms with van der Waals surface area (Å²) < 4.78 is 37.5. The summed E-state index contributed by atoms with van der Waals surface area (Å²) in [5, 5.41) is 0. The number of carbonyl (C=O) groups excluding carboxylic acids is 1. The highest BCUT2D eigenvalue weighted by molar-refractivity contribution is 7.99. The molecule has 8 nitrogen and oxygen atoms in total. The number of ether oxygens (including phenoxy) is 4. The van der Waals surface area contributed by atoms with Crippen LogP contribution in [0.25, 0.3) is 0 Å². The average molecular weight is 457 g/mol. The van der Waals surface area contributed by atoms with Crippen LogP contribution in [-0.2, 0) is 37.0 Å². The maximum atomic E-state index is 12.0. The summed E-state index contributed by atoms with van der Waals surface area (Å²) in [6.45, 7) is 7.51. The first-order valence-corrected chi connectivity index (χ1v) is 13.3. The maximum Gasteiger partial charge on any atom is 0.500 e. The van der Waals surface area contributed by atoms with Crippen molar-refractivity contribution in [1.82, 2.24) is 0 Å². The normalized spacial score (nSPS) is 12.9. The van der Waals surface area contributed by atoms with Gasteiger partial charge in [0.2, 0.25) is 0 Å². The van der Waals surface area contributed by atoms with E-state index in [0.29, 0.717) is 33.0 Å². The molecule has 0 aromatic heterocycles. The maximum absolute atomic E-state index is 12.0. The topological polar surface area (TPSA) is 81.7 Å². The second kappa shape index (κ2) is 19.7. The fraction of sp³-hybridized carbons (Fsp3) is 0.947. The van der Waals surface area contributed by atoms with E-state index in [1.807, 2.05) is 6.92 Å². The molecule has 0 aliphatic heterocycles. The minimum Gasteiger partial charge on any atom is -0.463 e. The summed E-state index contributed by atoms with van der Waals surface area (Å²) in [5.41, 5.74) is 0. The van der Waals surface area contributed by atoms with Crippen LogP contribution in [-0.4, -0.2) is 93.9 Å². The molecule has 0 N–H and O–H groups in total. The lowest BCUT2D eigenvalue weighted by atomic mass is 10.2. The van der Waals surface area contributed by atoms with E-state index in [0.717, 1.165) is 37.0 Å². The van der Waals surface area contributed by atoms with Gasteiger partial charge in [-0.25, -0.2) is 0 Å². The zero-order valence-electron chi connectivity index (χ0n) is 18.7. The SMILES string of the molecule is CCCOCCOCCOCCOC(=O)C(C)CSCCC[Si](OC)(OC)OC. The van der Waals surface area contributed by atoms with Gasteiger partial charge in [-0.15, -0.1) is 0 Å². The van der Waals surface area contributed by atoms with E-state index in [9.17, 15) is 4.79 Å². The van der Waals surface area contributed by atoms with Gasteiger partial charge in [-0.2, -0.15) is 11.8 Å². The van der Waals surface area contributed by atoms with Crippen molar-refractivity contribution in [2.24, 2.45) is 5.92 Å². The van der Waals surface area contributed by atoms with E-state index in [-0.39, 0.29) is 18.5 Å². The Bertz CT molecular complexity index is 377. The highest BCUT2D eigenvalue weighted by Crippen LogP contribution is 2.18. The average Bonchev–Trinajstić information content (AvgIpc) is 2.74. The van der Waals surface area contributed by atoms with Crippen molar-refractivity contribution in [3.8, 4) is 0 Å². The van der Waals surface area contributed by atoms with Crippen molar-refractivity contribution in [3.05, 3.63) is 0 Å². The van der Waals surface area contributed by atoms with Crippen molar-refractivity contribution in [2.45, 2.75) is 32.7 Å². The van der Waals surface area contributed by atoms with Gasteiger partial charge >= 0.3 is 14.8 Å². The van der Waals surface area contributed by atoms with Gasteiger partial charge in [0.25, 0.3) is 0 Å². The van der Waals surface area contributed by atoms with Crippen molar-refractivity contribution >= 4 is 26.5 Å². The van der Waals surface area contributed by atoms with Crippen LogP contribution in [0, 0.1) is 5.92 Å². The molecule has 1 unspecified atom stereocenters. The first kappa shape index (κ1) is 28.8. The third-order valence-corrected chi connectivity index (χ3v) is 8.18. The number of thioether (sulfide) groups is 1. The zero-order valence-corrected chi connectivity index (χ0v) is 20.6. The Balaban J connectivity index is 3.56. The molecule has 0 fully saturated rings. The van der Waals surface area contributed by atoms with Gasteiger partial charge < -0.3 is 32.2 Å². The van der Waals surface area contributed by atoms with Gasteiger partial charge in [-0.05, 0) is 18.6 Å². The first-order chi connectivity index (χ1) is 14.0. The Morgan fingerprint density at radius 1 is 0.862 bits per heavy atom. The molecule has 0 heterocycles. The minimum atomic E-state index is -2.49. The van der Waals surface area contributed by atoms with Gasteiger partial charge in [0.1, 0.15) is 6.61 Å². The Morgan fingerprint density at radius 3 is 1.90 bits per heavy atom. The molecule has 1 atom stereocenters. The van der Waals surface area contributed by atoms with Crippen LogP contribution in [0.4, 0.5) is 0 Å².